The van der Waals surface area contributed by atoms with Gasteiger partial charge in [0.2, 0.25) is 0 Å². The van der Waals surface area contributed by atoms with Crippen LogP contribution in [-0.2, 0) is 21.9 Å². The second-order valence-electron chi connectivity index (χ2n) is 0.954. The number of carboxylic acid groups (broad SMARTS) is 1. The van der Waals surface area contributed by atoms with Crippen LogP contribution in [0.5, 0.6) is 0 Å². The maximum Gasteiger partial charge on any atom is 0.321 e. The van der Waals surface area contributed by atoms with Gasteiger partial charge in [-0.15, -0.1) is 11.6 Å². The summed E-state index contributed by atoms with van der Waals surface area (Å²) in [5.41, 5.74) is 0. The molecule has 0 bridgehead atoms. The summed E-state index contributed by atoms with van der Waals surface area (Å²) in [6.45, 7) is 1.41. The van der Waals surface area contributed by atoms with Gasteiger partial charge in [0.05, 0.1) is 0 Å². The average molecular weight is 172 g/mol. The van der Waals surface area contributed by atoms with Gasteiger partial charge >= 0.3 is 5.97 Å². The van der Waals surface area contributed by atoms with Crippen LogP contribution in [0.3, 0.4) is 0 Å². The van der Waals surface area contributed by atoms with Crippen LogP contribution < -0.4 is 0 Å². The van der Waals surface area contributed by atoms with Crippen LogP contribution in [0.15, 0.2) is 0 Å². The Morgan fingerprint density at radius 1 is 1.86 bits per heavy atom. The van der Waals surface area contributed by atoms with E-state index in [1.807, 2.05) is 0 Å². The molecule has 0 aliphatic heterocycles. The third-order valence-electron chi connectivity index (χ3n) is 0.340. The summed E-state index contributed by atoms with van der Waals surface area (Å²) in [5, 5.41) is 7.10. The van der Waals surface area contributed by atoms with Crippen molar-refractivity contribution in [1.82, 2.24) is 0 Å². The molecule has 0 amide bonds. The molecule has 0 fully saturated rings. The van der Waals surface area contributed by atoms with Crippen molar-refractivity contribution in [3.8, 4) is 0 Å². The summed E-state index contributed by atoms with van der Waals surface area (Å²) in [4.78, 5) is 9.57. The molecule has 1 radical (unpaired) electrons. The van der Waals surface area contributed by atoms with Crippen molar-refractivity contribution in [3.63, 3.8) is 0 Å². The maximum absolute atomic E-state index is 9.57. The Labute approximate surface area is 57.3 Å². The number of carbonyl (C=O) groups is 1. The van der Waals surface area contributed by atoms with Crippen LogP contribution in [0, 0.1) is 0 Å². The van der Waals surface area contributed by atoms with E-state index in [0.717, 1.165) is 0 Å². The fourth-order valence-corrected chi connectivity index (χ4v) is 0. The second kappa shape index (κ2) is 4.44. The summed E-state index contributed by atoms with van der Waals surface area (Å²) in [6, 6.07) is 0. The fourth-order valence-electron chi connectivity index (χ4n) is 0. The van der Waals surface area contributed by atoms with Gasteiger partial charge in [-0.05, 0) is 6.92 Å². The van der Waals surface area contributed by atoms with Crippen LogP contribution >= 0.6 is 11.6 Å². The number of halogens is 1. The number of rotatable bonds is 1. The van der Waals surface area contributed by atoms with E-state index < -0.39 is 11.3 Å². The van der Waals surface area contributed by atoms with Crippen LogP contribution in [0.2, 0.25) is 0 Å². The third-order valence-corrected chi connectivity index (χ3v) is 0.527. The minimum Gasteiger partial charge on any atom is -0.480 e. The molecule has 4 heteroatoms. The van der Waals surface area contributed by atoms with E-state index in [1.54, 1.807) is 0 Å². The van der Waals surface area contributed by atoms with Gasteiger partial charge in [-0.25, -0.2) is 0 Å². The molecular formula is C3H5ClCuO2. The molecule has 0 aromatic rings. The van der Waals surface area contributed by atoms with Crippen LogP contribution in [0.1, 0.15) is 6.92 Å². The van der Waals surface area contributed by atoms with Crippen molar-refractivity contribution in [1.29, 1.82) is 0 Å². The van der Waals surface area contributed by atoms with Crippen LogP contribution in [-0.4, -0.2) is 16.5 Å². The quantitative estimate of drug-likeness (QED) is 0.466. The first-order chi connectivity index (χ1) is 2.64. The van der Waals surface area contributed by atoms with Crippen molar-refractivity contribution in [3.05, 3.63) is 0 Å². The molecule has 1 N–H and O–H groups in total. The summed E-state index contributed by atoms with van der Waals surface area (Å²) in [7, 11) is 0. The molecule has 1 atom stereocenters. The van der Waals surface area contributed by atoms with Gasteiger partial charge in [-0.1, -0.05) is 0 Å². The number of hydrogen-bond acceptors (Lipinski definition) is 1. The standard InChI is InChI=1S/C3H5ClO2.Cu/c1-2(4)3(5)6;/h2H,1H3,(H,5,6);. The van der Waals surface area contributed by atoms with Gasteiger partial charge in [0.25, 0.3) is 0 Å². The minimum atomic E-state index is -0.975. The van der Waals surface area contributed by atoms with E-state index in [9.17, 15) is 4.79 Å². The van der Waals surface area contributed by atoms with E-state index in [4.69, 9.17) is 16.7 Å². The van der Waals surface area contributed by atoms with Gasteiger partial charge < -0.3 is 5.11 Å². The molecule has 0 aliphatic carbocycles. The fraction of sp³-hybridized carbons (Fsp3) is 0.667. The van der Waals surface area contributed by atoms with Crippen molar-refractivity contribution < 1.29 is 27.0 Å². The largest absolute Gasteiger partial charge is 0.480 e. The molecular weight excluding hydrogens is 167 g/mol. The SMILES string of the molecule is CC(Cl)C(=O)O.[Cu]. The Morgan fingerprint density at radius 2 is 2.00 bits per heavy atom. The van der Waals surface area contributed by atoms with Gasteiger partial charge in [0.1, 0.15) is 5.38 Å². The van der Waals surface area contributed by atoms with Crippen LogP contribution in [0.25, 0.3) is 0 Å². The Kier molecular flexibility index (Phi) is 6.53. The Balaban J connectivity index is 0. The first-order valence-corrected chi connectivity index (χ1v) is 1.95. The van der Waals surface area contributed by atoms with Crippen molar-refractivity contribution in [2.45, 2.75) is 12.3 Å². The molecule has 0 rings (SSSR count). The predicted octanol–water partition coefficient (Wildman–Crippen LogP) is 0.696. The Hall–Kier alpha value is 0.279. The molecule has 0 saturated heterocycles. The predicted molar refractivity (Wildman–Crippen MR) is 23.0 cm³/mol. The molecule has 1 unspecified atom stereocenters. The molecule has 0 saturated carbocycles. The van der Waals surface area contributed by atoms with Crippen molar-refractivity contribution >= 4 is 17.6 Å². The van der Waals surface area contributed by atoms with Gasteiger partial charge in [0.15, 0.2) is 0 Å². The van der Waals surface area contributed by atoms with E-state index in [1.165, 1.54) is 6.92 Å². The Bertz CT molecular complexity index is 64.0. The Morgan fingerprint density at radius 3 is 2.00 bits per heavy atom. The molecule has 47 valence electrons. The second-order valence-corrected chi connectivity index (χ2v) is 1.61. The zero-order valence-electron chi connectivity index (χ0n) is 3.61. The monoisotopic (exact) mass is 171 g/mol. The number of alkyl halides is 1. The topological polar surface area (TPSA) is 37.3 Å². The van der Waals surface area contributed by atoms with Gasteiger partial charge in [0, 0.05) is 17.1 Å². The summed E-state index contributed by atoms with van der Waals surface area (Å²) in [5.74, 6) is -0.975. The normalized spacial score (nSPS) is 11.7. The minimum absolute atomic E-state index is 0. The van der Waals surface area contributed by atoms with Crippen molar-refractivity contribution in [2.24, 2.45) is 0 Å². The molecule has 0 aliphatic rings. The first kappa shape index (κ1) is 10.3. The zero-order valence-corrected chi connectivity index (χ0v) is 5.31. The average Bonchev–Trinajstić information content (AvgIpc) is 1.36. The van der Waals surface area contributed by atoms with Gasteiger partial charge in [-0.3, -0.25) is 4.79 Å². The van der Waals surface area contributed by atoms with E-state index in [0.29, 0.717) is 0 Å². The van der Waals surface area contributed by atoms with E-state index >= 15 is 0 Å². The first-order valence-electron chi connectivity index (χ1n) is 1.51. The van der Waals surface area contributed by atoms with Gasteiger partial charge in [-0.2, -0.15) is 0 Å². The summed E-state index contributed by atoms with van der Waals surface area (Å²) >= 11 is 5.01. The molecule has 0 aromatic heterocycles. The zero-order chi connectivity index (χ0) is 5.15. The van der Waals surface area contributed by atoms with Crippen LogP contribution in [0.4, 0.5) is 0 Å². The maximum atomic E-state index is 9.57. The number of aliphatic carboxylic acids is 1. The molecule has 0 spiro atoms. The molecule has 7 heavy (non-hydrogen) atoms. The van der Waals surface area contributed by atoms with E-state index in [2.05, 4.69) is 0 Å². The smallest absolute Gasteiger partial charge is 0.321 e. The van der Waals surface area contributed by atoms with Crippen molar-refractivity contribution in [2.75, 3.05) is 0 Å². The number of carboxylic acids is 1. The summed E-state index contributed by atoms with van der Waals surface area (Å²) in [6.07, 6.45) is 0. The third kappa shape index (κ3) is 6.28. The van der Waals surface area contributed by atoms with E-state index in [-0.39, 0.29) is 17.1 Å². The summed E-state index contributed by atoms with van der Waals surface area (Å²) < 4.78 is 0. The molecule has 0 aromatic carbocycles. The molecule has 2 nitrogen and oxygen atoms in total. The molecule has 0 heterocycles. The number of hydrogen-bond donors (Lipinski definition) is 1.